The van der Waals surface area contributed by atoms with E-state index in [0.717, 1.165) is 11.3 Å². The minimum atomic E-state index is -1.20. The second-order valence-electron chi connectivity index (χ2n) is 5.36. The highest BCUT2D eigenvalue weighted by Gasteiger charge is 2.33. The molecule has 1 aliphatic rings. The molecule has 0 bridgehead atoms. The number of rotatable bonds is 2. The topological polar surface area (TPSA) is 83.8 Å². The molecule has 1 aliphatic heterocycles. The fourth-order valence-corrected chi connectivity index (χ4v) is 4.09. The van der Waals surface area contributed by atoms with Crippen LogP contribution in [0.5, 0.6) is 11.5 Å². The third kappa shape index (κ3) is 2.38. The van der Waals surface area contributed by atoms with Gasteiger partial charge in [0.2, 0.25) is 0 Å². The van der Waals surface area contributed by atoms with Crippen LogP contribution in [0.25, 0.3) is 22.3 Å². The molecule has 0 saturated carbocycles. The average molecular weight is 373 g/mol. The molecule has 4 rings (SSSR count). The number of aromatic carboxylic acids is 2. The maximum Gasteiger partial charge on any atom is 0.346 e. The Balaban J connectivity index is 2.21. The molecular weight excluding hydrogens is 364 g/mol. The van der Waals surface area contributed by atoms with Crippen molar-refractivity contribution in [2.45, 2.75) is 0 Å². The minimum Gasteiger partial charge on any atom is -0.477 e. The van der Waals surface area contributed by atoms with Gasteiger partial charge in [-0.2, -0.15) is 0 Å². The van der Waals surface area contributed by atoms with Gasteiger partial charge in [-0.15, -0.1) is 11.3 Å². The van der Waals surface area contributed by atoms with Gasteiger partial charge in [-0.1, -0.05) is 29.8 Å². The number of thiophene rings is 1. The number of para-hydroxylation sites is 1. The third-order valence-corrected chi connectivity index (χ3v) is 5.28. The van der Waals surface area contributed by atoms with E-state index in [2.05, 4.69) is 0 Å². The van der Waals surface area contributed by atoms with Crippen LogP contribution < -0.4 is 4.74 Å². The number of carbonyl (C=O) groups is 2. The summed E-state index contributed by atoms with van der Waals surface area (Å²) < 4.78 is 5.93. The Bertz CT molecular complexity index is 1050. The number of fused-ring (bicyclic) bond motifs is 5. The highest BCUT2D eigenvalue weighted by Crippen LogP contribution is 2.52. The largest absolute Gasteiger partial charge is 0.477 e. The van der Waals surface area contributed by atoms with Gasteiger partial charge in [-0.25, -0.2) is 9.59 Å². The van der Waals surface area contributed by atoms with E-state index in [1.165, 1.54) is 0 Å². The summed E-state index contributed by atoms with van der Waals surface area (Å²) in [5, 5.41) is 19.6. The first-order valence-electron chi connectivity index (χ1n) is 7.18. The molecule has 25 heavy (non-hydrogen) atoms. The Morgan fingerprint density at radius 2 is 1.48 bits per heavy atom. The zero-order valence-electron chi connectivity index (χ0n) is 12.4. The molecule has 2 aromatic carbocycles. The normalized spacial score (nSPS) is 11.6. The predicted octanol–water partition coefficient (Wildman–Crippen LogP) is 5.24. The van der Waals surface area contributed by atoms with E-state index in [1.807, 2.05) is 0 Å². The van der Waals surface area contributed by atoms with Gasteiger partial charge in [-0.05, 0) is 24.3 Å². The number of halogens is 1. The first kappa shape index (κ1) is 15.7. The number of benzene rings is 2. The summed E-state index contributed by atoms with van der Waals surface area (Å²) in [7, 11) is 0. The maximum absolute atomic E-state index is 11.8. The number of carboxylic acids is 2. The molecule has 7 heteroatoms. The predicted molar refractivity (Wildman–Crippen MR) is 94.2 cm³/mol. The van der Waals surface area contributed by atoms with Gasteiger partial charge in [-0.3, -0.25) is 0 Å². The fourth-order valence-electron chi connectivity index (χ4n) is 2.91. The molecule has 124 valence electrons. The molecule has 2 heterocycles. The molecule has 0 spiro atoms. The fraction of sp³-hybridized carbons (Fsp3) is 0. The molecule has 3 aromatic rings. The first-order chi connectivity index (χ1) is 12.0. The molecule has 0 atom stereocenters. The highest BCUT2D eigenvalue weighted by molar-refractivity contribution is 7.17. The lowest BCUT2D eigenvalue weighted by Gasteiger charge is -2.09. The van der Waals surface area contributed by atoms with E-state index in [-0.39, 0.29) is 9.75 Å². The Morgan fingerprint density at radius 3 is 2.16 bits per heavy atom. The van der Waals surface area contributed by atoms with Gasteiger partial charge in [0, 0.05) is 27.3 Å². The molecular formula is C18H9ClO5S. The van der Waals surface area contributed by atoms with Crippen molar-refractivity contribution >= 4 is 34.9 Å². The summed E-state index contributed by atoms with van der Waals surface area (Å²) in [5.74, 6) is -1.50. The molecule has 0 fully saturated rings. The zero-order chi connectivity index (χ0) is 17.7. The first-order valence-corrected chi connectivity index (χ1v) is 8.37. The SMILES string of the molecule is O=C(O)c1sc(C(=O)O)c2c1-c1ccccc1Oc1ccc(Cl)cc1-2. The van der Waals surface area contributed by atoms with Crippen molar-refractivity contribution in [3.63, 3.8) is 0 Å². The van der Waals surface area contributed by atoms with E-state index in [1.54, 1.807) is 42.5 Å². The van der Waals surface area contributed by atoms with Crippen molar-refractivity contribution in [1.82, 2.24) is 0 Å². The quantitative estimate of drug-likeness (QED) is 0.502. The average Bonchev–Trinajstić information content (AvgIpc) is 2.91. The van der Waals surface area contributed by atoms with Crippen molar-refractivity contribution in [2.75, 3.05) is 0 Å². The lowest BCUT2D eigenvalue weighted by molar-refractivity contribution is 0.0694. The summed E-state index contributed by atoms with van der Waals surface area (Å²) in [6, 6.07) is 11.8. The Morgan fingerprint density at radius 1 is 0.880 bits per heavy atom. The van der Waals surface area contributed by atoms with Gasteiger partial charge < -0.3 is 14.9 Å². The monoisotopic (exact) mass is 372 g/mol. The van der Waals surface area contributed by atoms with Crippen LogP contribution >= 0.6 is 22.9 Å². The number of hydrogen-bond acceptors (Lipinski definition) is 4. The highest BCUT2D eigenvalue weighted by atomic mass is 35.5. The smallest absolute Gasteiger partial charge is 0.346 e. The van der Waals surface area contributed by atoms with Crippen molar-refractivity contribution in [3.8, 4) is 33.8 Å². The number of carboxylic acid groups (broad SMARTS) is 2. The van der Waals surface area contributed by atoms with Gasteiger partial charge in [0.25, 0.3) is 0 Å². The second-order valence-corrected chi connectivity index (χ2v) is 6.82. The summed E-state index contributed by atoms with van der Waals surface area (Å²) in [6.07, 6.45) is 0. The summed E-state index contributed by atoms with van der Waals surface area (Å²) >= 11 is 6.83. The lowest BCUT2D eigenvalue weighted by Crippen LogP contribution is -1.96. The van der Waals surface area contributed by atoms with Crippen molar-refractivity contribution < 1.29 is 24.5 Å². The van der Waals surface area contributed by atoms with Crippen LogP contribution in [0.4, 0.5) is 0 Å². The van der Waals surface area contributed by atoms with Crippen LogP contribution in [-0.4, -0.2) is 22.2 Å². The Hall–Kier alpha value is -2.83. The van der Waals surface area contributed by atoms with Gasteiger partial charge in [0.15, 0.2) is 0 Å². The van der Waals surface area contributed by atoms with Crippen molar-refractivity contribution in [3.05, 3.63) is 57.2 Å². The standard InChI is InChI=1S/C18H9ClO5S/c19-8-5-6-12-10(7-8)14-13(9-3-1-2-4-11(9)24-12)15(17(20)21)25-16(14)18(22)23/h1-7H,(H,20,21)(H,22,23). The van der Waals surface area contributed by atoms with Crippen LogP contribution in [0.1, 0.15) is 19.3 Å². The van der Waals surface area contributed by atoms with Gasteiger partial charge in [0.1, 0.15) is 21.3 Å². The molecule has 0 aliphatic carbocycles. The zero-order valence-corrected chi connectivity index (χ0v) is 14.0. The number of hydrogen-bond donors (Lipinski definition) is 2. The van der Waals surface area contributed by atoms with Gasteiger partial charge in [0.05, 0.1) is 0 Å². The molecule has 0 amide bonds. The van der Waals surface area contributed by atoms with Crippen LogP contribution in [0.15, 0.2) is 42.5 Å². The van der Waals surface area contributed by atoms with Crippen LogP contribution in [-0.2, 0) is 0 Å². The second kappa shape index (κ2) is 5.61. The molecule has 0 unspecified atom stereocenters. The van der Waals surface area contributed by atoms with Gasteiger partial charge >= 0.3 is 11.9 Å². The summed E-state index contributed by atoms with van der Waals surface area (Å²) in [5.41, 5.74) is 1.65. The van der Waals surface area contributed by atoms with E-state index < -0.39 is 11.9 Å². The Kier molecular flexibility index (Phi) is 3.52. The third-order valence-electron chi connectivity index (χ3n) is 3.88. The summed E-state index contributed by atoms with van der Waals surface area (Å²) in [4.78, 5) is 23.4. The maximum atomic E-state index is 11.8. The van der Waals surface area contributed by atoms with Crippen LogP contribution in [0.2, 0.25) is 5.02 Å². The van der Waals surface area contributed by atoms with E-state index >= 15 is 0 Å². The van der Waals surface area contributed by atoms with E-state index in [0.29, 0.717) is 38.8 Å². The van der Waals surface area contributed by atoms with Crippen LogP contribution in [0, 0.1) is 0 Å². The van der Waals surface area contributed by atoms with Crippen LogP contribution in [0.3, 0.4) is 0 Å². The molecule has 5 nitrogen and oxygen atoms in total. The van der Waals surface area contributed by atoms with Crippen molar-refractivity contribution in [2.24, 2.45) is 0 Å². The summed E-state index contributed by atoms with van der Waals surface area (Å²) in [6.45, 7) is 0. The minimum absolute atomic E-state index is 0.0451. The number of ether oxygens (including phenoxy) is 1. The lowest BCUT2D eigenvalue weighted by atomic mass is 9.94. The molecule has 1 aromatic heterocycles. The molecule has 0 saturated heterocycles. The molecule has 2 N–H and O–H groups in total. The van der Waals surface area contributed by atoms with E-state index in [9.17, 15) is 19.8 Å². The molecule has 0 radical (unpaired) electrons. The van der Waals surface area contributed by atoms with Crippen molar-refractivity contribution in [1.29, 1.82) is 0 Å². The Labute approximate surface area is 150 Å². The van der Waals surface area contributed by atoms with E-state index in [4.69, 9.17) is 16.3 Å².